The lowest BCUT2D eigenvalue weighted by Crippen LogP contribution is -2.39. The maximum absolute atomic E-state index is 13.2. The fraction of sp³-hybridized carbons (Fsp3) is 0.429. The summed E-state index contributed by atoms with van der Waals surface area (Å²) in [6.07, 6.45) is 2.19. The molecule has 1 aliphatic carbocycles. The minimum atomic E-state index is -4.00. The van der Waals surface area contributed by atoms with Crippen molar-refractivity contribution < 1.29 is 22.7 Å². The largest absolute Gasteiger partial charge is 0.465 e. The molecule has 1 aromatic carbocycles. The van der Waals surface area contributed by atoms with Gasteiger partial charge >= 0.3 is 5.97 Å². The third kappa shape index (κ3) is 3.72. The first-order valence-corrected chi connectivity index (χ1v) is 12.1. The third-order valence-corrected chi connectivity index (χ3v) is 8.85. The van der Waals surface area contributed by atoms with Gasteiger partial charge in [0.1, 0.15) is 0 Å². The van der Waals surface area contributed by atoms with Gasteiger partial charge in [-0.25, -0.2) is 13.2 Å². The van der Waals surface area contributed by atoms with Crippen molar-refractivity contribution in [1.82, 2.24) is 4.90 Å². The average Bonchev–Trinajstić information content (AvgIpc) is 3.33. The zero-order valence-electron chi connectivity index (χ0n) is 17.1. The van der Waals surface area contributed by atoms with Crippen LogP contribution in [0.25, 0.3) is 0 Å². The van der Waals surface area contributed by atoms with E-state index < -0.39 is 16.0 Å². The molecule has 2 aliphatic rings. The molecule has 0 spiro atoms. The highest BCUT2D eigenvalue weighted by Crippen LogP contribution is 2.47. The quantitative estimate of drug-likeness (QED) is 0.709. The van der Waals surface area contributed by atoms with Gasteiger partial charge in [-0.1, -0.05) is 19.1 Å². The van der Waals surface area contributed by atoms with Crippen LogP contribution in [0, 0.1) is 12.3 Å². The number of fused-ring (bicyclic) bond motifs is 1. The number of nitrogens with one attached hydrogen (secondary N) is 1. The molecule has 1 fully saturated rings. The number of thiophene rings is 1. The smallest absolute Gasteiger partial charge is 0.340 e. The molecule has 9 heteroatoms. The number of aryl methyl sites for hydroxylation is 1. The number of carbonyl (C=O) groups is 2. The van der Waals surface area contributed by atoms with Crippen LogP contribution in [0.5, 0.6) is 0 Å². The Morgan fingerprint density at radius 3 is 2.63 bits per heavy atom. The Morgan fingerprint density at radius 1 is 1.27 bits per heavy atom. The van der Waals surface area contributed by atoms with Crippen molar-refractivity contribution in [1.29, 1.82) is 0 Å². The standard InChI is InChI=1S/C21H24N2O5S2/c1-13-5-4-6-14(11-13)22-30(26,27)19-17(18(24)28-3)15-7-10-23(12-16(15)29-19)20(25)21(2)8-9-21/h4-6,11,22H,7-10,12H2,1-3H3. The summed E-state index contributed by atoms with van der Waals surface area (Å²) in [5.74, 6) is -0.575. The summed E-state index contributed by atoms with van der Waals surface area (Å²) in [7, 11) is -2.76. The van der Waals surface area contributed by atoms with Gasteiger partial charge in [0.25, 0.3) is 10.0 Å². The predicted molar refractivity (Wildman–Crippen MR) is 114 cm³/mol. The van der Waals surface area contributed by atoms with Crippen LogP contribution < -0.4 is 4.72 Å². The maximum Gasteiger partial charge on any atom is 0.340 e. The van der Waals surface area contributed by atoms with Gasteiger partial charge in [-0.3, -0.25) is 9.52 Å². The first-order chi connectivity index (χ1) is 14.1. The monoisotopic (exact) mass is 448 g/mol. The Kier molecular flexibility index (Phi) is 5.14. The van der Waals surface area contributed by atoms with E-state index in [2.05, 4.69) is 4.72 Å². The van der Waals surface area contributed by atoms with Crippen molar-refractivity contribution in [2.45, 2.75) is 43.9 Å². The number of methoxy groups -OCH3 is 1. The Labute approximate surface area is 180 Å². The van der Waals surface area contributed by atoms with Gasteiger partial charge in [-0.15, -0.1) is 11.3 Å². The number of rotatable bonds is 5. The summed E-state index contributed by atoms with van der Waals surface area (Å²) in [5.41, 5.74) is 1.80. The fourth-order valence-electron chi connectivity index (χ4n) is 3.74. The number of hydrogen-bond acceptors (Lipinski definition) is 6. The van der Waals surface area contributed by atoms with E-state index in [1.807, 2.05) is 19.9 Å². The lowest BCUT2D eigenvalue weighted by molar-refractivity contribution is -0.137. The van der Waals surface area contributed by atoms with Crippen LogP contribution in [-0.2, 0) is 32.5 Å². The number of carbonyl (C=O) groups excluding carboxylic acids is 2. The van der Waals surface area contributed by atoms with Gasteiger partial charge in [-0.2, -0.15) is 0 Å². The topological polar surface area (TPSA) is 92.8 Å². The van der Waals surface area contributed by atoms with Gasteiger partial charge in [0.2, 0.25) is 5.91 Å². The maximum atomic E-state index is 13.2. The summed E-state index contributed by atoms with van der Waals surface area (Å²) in [6, 6.07) is 7.01. The zero-order valence-corrected chi connectivity index (χ0v) is 18.8. The minimum absolute atomic E-state index is 0.0622. The molecule has 0 bridgehead atoms. The third-order valence-electron chi connectivity index (χ3n) is 5.73. The first-order valence-electron chi connectivity index (χ1n) is 9.76. The molecule has 1 aromatic heterocycles. The average molecular weight is 449 g/mol. The van der Waals surface area contributed by atoms with Crippen LogP contribution in [-0.4, -0.2) is 38.8 Å². The number of benzene rings is 1. The molecule has 30 heavy (non-hydrogen) atoms. The number of hydrogen-bond donors (Lipinski definition) is 1. The zero-order chi connectivity index (χ0) is 21.7. The molecular formula is C21H24N2O5S2. The van der Waals surface area contributed by atoms with Gasteiger partial charge in [0, 0.05) is 22.5 Å². The normalized spacial score (nSPS) is 17.2. The van der Waals surface area contributed by atoms with Crippen LogP contribution in [0.2, 0.25) is 0 Å². The lowest BCUT2D eigenvalue weighted by atomic mass is 10.0. The number of sulfonamides is 1. The van der Waals surface area contributed by atoms with Crippen LogP contribution in [0.4, 0.5) is 5.69 Å². The molecular weight excluding hydrogens is 424 g/mol. The van der Waals surface area contributed by atoms with E-state index in [9.17, 15) is 18.0 Å². The van der Waals surface area contributed by atoms with E-state index in [-0.39, 0.29) is 21.1 Å². The molecule has 2 heterocycles. The molecule has 1 N–H and O–H groups in total. The van der Waals surface area contributed by atoms with Crippen LogP contribution in [0.15, 0.2) is 28.5 Å². The number of anilines is 1. The molecule has 1 amide bonds. The molecule has 1 aliphatic heterocycles. The van der Waals surface area contributed by atoms with E-state index in [1.165, 1.54) is 7.11 Å². The van der Waals surface area contributed by atoms with Crippen molar-refractivity contribution in [2.75, 3.05) is 18.4 Å². The van der Waals surface area contributed by atoms with Crippen molar-refractivity contribution in [3.8, 4) is 0 Å². The van der Waals surface area contributed by atoms with Crippen molar-refractivity contribution >= 4 is 38.9 Å². The fourth-order valence-corrected chi connectivity index (χ4v) is 6.69. The molecule has 160 valence electrons. The molecule has 0 saturated heterocycles. The van der Waals surface area contributed by atoms with Crippen molar-refractivity contribution in [3.63, 3.8) is 0 Å². The Bertz CT molecular complexity index is 1130. The number of nitrogens with zero attached hydrogens (tertiary/aromatic N) is 1. The van der Waals surface area contributed by atoms with Crippen LogP contribution in [0.3, 0.4) is 0 Å². The predicted octanol–water partition coefficient (Wildman–Crippen LogP) is 3.33. The highest BCUT2D eigenvalue weighted by molar-refractivity contribution is 7.94. The Morgan fingerprint density at radius 2 is 2.00 bits per heavy atom. The highest BCUT2D eigenvalue weighted by atomic mass is 32.2. The summed E-state index contributed by atoms with van der Waals surface area (Å²) in [5, 5.41) is 0. The summed E-state index contributed by atoms with van der Waals surface area (Å²) in [6.45, 7) is 4.61. The van der Waals surface area contributed by atoms with Gasteiger partial charge in [0.05, 0.1) is 19.2 Å². The number of amides is 1. The number of esters is 1. The van der Waals surface area contributed by atoms with Crippen molar-refractivity contribution in [3.05, 3.63) is 45.8 Å². The summed E-state index contributed by atoms with van der Waals surface area (Å²) >= 11 is 1.04. The first kappa shape index (κ1) is 20.9. The van der Waals surface area contributed by atoms with E-state index in [1.54, 1.807) is 23.1 Å². The van der Waals surface area contributed by atoms with E-state index >= 15 is 0 Å². The lowest BCUT2D eigenvalue weighted by Gasteiger charge is -2.29. The molecule has 2 aromatic rings. The Balaban J connectivity index is 1.71. The molecule has 0 radical (unpaired) electrons. The van der Waals surface area contributed by atoms with Gasteiger partial charge < -0.3 is 9.64 Å². The van der Waals surface area contributed by atoms with Crippen molar-refractivity contribution in [2.24, 2.45) is 5.41 Å². The Hall–Kier alpha value is -2.39. The van der Waals surface area contributed by atoms with Crippen LogP contribution in [0.1, 0.15) is 46.1 Å². The molecule has 0 unspecified atom stereocenters. The molecule has 4 rings (SSSR count). The van der Waals surface area contributed by atoms with E-state index in [0.29, 0.717) is 30.8 Å². The molecule has 7 nitrogen and oxygen atoms in total. The van der Waals surface area contributed by atoms with Gasteiger partial charge in [0.15, 0.2) is 4.21 Å². The van der Waals surface area contributed by atoms with E-state index in [4.69, 9.17) is 4.74 Å². The molecule has 0 atom stereocenters. The second-order valence-corrected chi connectivity index (χ2v) is 11.2. The highest BCUT2D eigenvalue weighted by Gasteiger charge is 2.48. The summed E-state index contributed by atoms with van der Waals surface area (Å²) in [4.78, 5) is 27.8. The second-order valence-electron chi connectivity index (χ2n) is 8.17. The molecule has 1 saturated carbocycles. The van der Waals surface area contributed by atoms with E-state index in [0.717, 1.165) is 34.6 Å². The SMILES string of the molecule is COC(=O)c1c(S(=O)(=O)Nc2cccc(C)c2)sc2c1CCN(C(=O)C1(C)CC1)C2. The van der Waals surface area contributed by atoms with Gasteiger partial charge in [-0.05, 0) is 49.4 Å². The second kappa shape index (κ2) is 7.39. The number of ether oxygens (including phenoxy) is 1. The summed E-state index contributed by atoms with van der Waals surface area (Å²) < 4.78 is 33.7. The minimum Gasteiger partial charge on any atom is -0.465 e. The van der Waals surface area contributed by atoms with Crippen LogP contribution >= 0.6 is 11.3 Å².